The van der Waals surface area contributed by atoms with E-state index in [1.54, 1.807) is 11.1 Å². The number of methoxy groups -OCH3 is 1. The van der Waals surface area contributed by atoms with E-state index in [-0.39, 0.29) is 15.9 Å². The van der Waals surface area contributed by atoms with Crippen molar-refractivity contribution in [2.24, 2.45) is 0 Å². The zero-order chi connectivity index (χ0) is 20.8. The number of allylic oxidation sites excluding steroid dienone is 2. The summed E-state index contributed by atoms with van der Waals surface area (Å²) in [6.07, 6.45) is 4.44. The highest BCUT2D eigenvalue weighted by molar-refractivity contribution is 14.1. The quantitative estimate of drug-likeness (QED) is 0.363. The van der Waals surface area contributed by atoms with Gasteiger partial charge in [-0.25, -0.2) is 9.78 Å². The third-order valence-corrected chi connectivity index (χ3v) is 5.83. The molecule has 1 aromatic heterocycles. The third-order valence-electron chi connectivity index (χ3n) is 4.71. The molecule has 2 rings (SSSR count). The van der Waals surface area contributed by atoms with Crippen LogP contribution >= 0.6 is 38.5 Å². The molecule has 3 atom stereocenters. The average molecular weight is 565 g/mol. The Morgan fingerprint density at radius 3 is 2.82 bits per heavy atom. The molecule has 9 heteroatoms. The molecule has 1 aromatic rings. The van der Waals surface area contributed by atoms with Gasteiger partial charge in [0.25, 0.3) is 0 Å². The van der Waals surface area contributed by atoms with Crippen LogP contribution in [0.3, 0.4) is 0 Å². The first-order valence-electron chi connectivity index (χ1n) is 9.10. The Balaban J connectivity index is 2.13. The monoisotopic (exact) mass is 564 g/mol. The van der Waals surface area contributed by atoms with E-state index in [9.17, 15) is 9.59 Å². The third kappa shape index (κ3) is 5.82. The van der Waals surface area contributed by atoms with Crippen molar-refractivity contribution < 1.29 is 14.3 Å². The summed E-state index contributed by atoms with van der Waals surface area (Å²) in [5.74, 6) is 0.625. The topological polar surface area (TPSA) is 87.3 Å². The van der Waals surface area contributed by atoms with Crippen molar-refractivity contribution in [3.8, 4) is 0 Å². The zero-order valence-electron chi connectivity index (χ0n) is 16.1. The number of alkyl carbamates (subject to hydrolysis) is 1. The Labute approximate surface area is 187 Å². The van der Waals surface area contributed by atoms with Crippen LogP contribution in [0.25, 0.3) is 5.57 Å². The molecule has 1 aliphatic rings. The van der Waals surface area contributed by atoms with E-state index in [4.69, 9.17) is 0 Å². The van der Waals surface area contributed by atoms with Gasteiger partial charge in [-0.1, -0.05) is 58.6 Å². The van der Waals surface area contributed by atoms with Crippen LogP contribution in [-0.4, -0.2) is 50.5 Å². The van der Waals surface area contributed by atoms with Crippen molar-refractivity contribution in [2.75, 3.05) is 13.7 Å². The zero-order valence-corrected chi connectivity index (χ0v) is 19.9. The van der Waals surface area contributed by atoms with Crippen molar-refractivity contribution >= 4 is 56.1 Å². The molecule has 0 radical (unpaired) electrons. The molecule has 2 amide bonds. The van der Waals surface area contributed by atoms with E-state index in [0.29, 0.717) is 6.54 Å². The largest absolute Gasteiger partial charge is 0.453 e. The van der Waals surface area contributed by atoms with Gasteiger partial charge in [0, 0.05) is 10.5 Å². The number of halogens is 2. The van der Waals surface area contributed by atoms with Crippen LogP contribution in [0.4, 0.5) is 4.79 Å². The maximum absolute atomic E-state index is 13.1. The number of rotatable bonds is 8. The molecule has 1 saturated heterocycles. The van der Waals surface area contributed by atoms with Crippen molar-refractivity contribution in [1.29, 1.82) is 0 Å². The Hall–Kier alpha value is -1.36. The van der Waals surface area contributed by atoms with E-state index in [1.165, 1.54) is 7.11 Å². The molecule has 0 spiro atoms. The number of likely N-dealkylation sites (tertiary alicyclic amines) is 1. The van der Waals surface area contributed by atoms with E-state index in [0.717, 1.165) is 47.3 Å². The Morgan fingerprint density at radius 2 is 2.21 bits per heavy atom. The molecule has 1 aliphatic heterocycles. The van der Waals surface area contributed by atoms with Crippen molar-refractivity contribution in [1.82, 2.24) is 20.2 Å². The highest BCUT2D eigenvalue weighted by atomic mass is 127. The summed E-state index contributed by atoms with van der Waals surface area (Å²) in [6, 6.07) is -0.791. The number of carbonyl (C=O) groups excluding carboxylic acids is 2. The SMILES string of the molecule is C=C(Br)CCC(=C)c1cnc([C@@H]2CCCN2C(=O)[C@@H](NC(=O)OC)C(C)I)[nH]1. The molecule has 0 bridgehead atoms. The van der Waals surface area contributed by atoms with Gasteiger partial charge < -0.3 is 19.9 Å². The highest BCUT2D eigenvalue weighted by Gasteiger charge is 2.37. The fourth-order valence-corrected chi connectivity index (χ4v) is 3.84. The molecule has 2 heterocycles. The molecule has 1 fully saturated rings. The lowest BCUT2D eigenvalue weighted by atomic mass is 10.1. The first kappa shape index (κ1) is 22.9. The molecule has 0 aliphatic carbocycles. The number of aromatic amines is 1. The number of carbonyl (C=O) groups is 2. The minimum Gasteiger partial charge on any atom is -0.453 e. The van der Waals surface area contributed by atoms with Crippen LogP contribution in [0.1, 0.15) is 50.2 Å². The minimum atomic E-state index is -0.650. The number of amides is 2. The summed E-state index contributed by atoms with van der Waals surface area (Å²) in [6.45, 7) is 10.5. The van der Waals surface area contributed by atoms with Gasteiger partial charge in [0.05, 0.1) is 25.0 Å². The van der Waals surface area contributed by atoms with Crippen LogP contribution in [-0.2, 0) is 9.53 Å². The smallest absolute Gasteiger partial charge is 0.407 e. The minimum absolute atomic E-state index is 0.0882. The summed E-state index contributed by atoms with van der Waals surface area (Å²) >= 11 is 5.50. The summed E-state index contributed by atoms with van der Waals surface area (Å²) < 4.78 is 5.50. The maximum Gasteiger partial charge on any atom is 0.407 e. The molecule has 0 saturated carbocycles. The number of imidazole rings is 1. The van der Waals surface area contributed by atoms with Gasteiger partial charge in [-0.05, 0) is 35.7 Å². The lowest BCUT2D eigenvalue weighted by Gasteiger charge is -2.29. The molecule has 1 unspecified atom stereocenters. The first-order chi connectivity index (χ1) is 13.2. The second-order valence-electron chi connectivity index (χ2n) is 6.78. The highest BCUT2D eigenvalue weighted by Crippen LogP contribution is 2.32. The number of hydrogen-bond donors (Lipinski definition) is 2. The Kier molecular flexibility index (Phi) is 8.54. The molecular formula is C19H26BrIN4O3. The predicted octanol–water partition coefficient (Wildman–Crippen LogP) is 4.32. The van der Waals surface area contributed by atoms with Crippen LogP contribution < -0.4 is 5.32 Å². The standard InChI is InChI=1S/C19H26BrIN4O3/c1-11(7-8-12(2)20)14-10-22-17(23-14)15-6-5-9-25(15)18(26)16(13(3)21)24-19(27)28-4/h10,13,15-16H,1-2,5-9H2,3-4H3,(H,22,23)(H,24,27)/t13?,15-,16-/m0/s1. The van der Waals surface area contributed by atoms with Gasteiger partial charge in [-0.15, -0.1) is 0 Å². The summed E-state index contributed by atoms with van der Waals surface area (Å²) in [5, 5.41) is 2.65. The van der Waals surface area contributed by atoms with Gasteiger partial charge in [-0.3, -0.25) is 4.79 Å². The summed E-state index contributed by atoms with van der Waals surface area (Å²) in [5.41, 5.74) is 1.82. The summed E-state index contributed by atoms with van der Waals surface area (Å²) in [4.78, 5) is 34.4. The Bertz CT molecular complexity index is 749. The molecule has 7 nitrogen and oxygen atoms in total. The fourth-order valence-electron chi connectivity index (χ4n) is 3.16. The number of alkyl halides is 1. The van der Waals surface area contributed by atoms with Crippen LogP contribution in [0.2, 0.25) is 0 Å². The van der Waals surface area contributed by atoms with E-state index in [1.807, 2.05) is 6.92 Å². The number of ether oxygens (including phenoxy) is 1. The second-order valence-corrected chi connectivity index (χ2v) is 9.87. The molecule has 154 valence electrons. The van der Waals surface area contributed by atoms with Gasteiger partial charge in [0.15, 0.2) is 0 Å². The number of aromatic nitrogens is 2. The van der Waals surface area contributed by atoms with Crippen molar-refractivity contribution in [3.05, 3.63) is 35.4 Å². The van der Waals surface area contributed by atoms with Crippen LogP contribution in [0.15, 0.2) is 23.8 Å². The summed E-state index contributed by atoms with van der Waals surface area (Å²) in [7, 11) is 1.29. The number of nitrogens with one attached hydrogen (secondary N) is 2. The second kappa shape index (κ2) is 10.4. The molecule has 0 aromatic carbocycles. The van der Waals surface area contributed by atoms with E-state index in [2.05, 4.69) is 71.7 Å². The van der Waals surface area contributed by atoms with Gasteiger partial charge in [0.1, 0.15) is 11.9 Å². The van der Waals surface area contributed by atoms with Crippen molar-refractivity contribution in [2.45, 2.75) is 48.6 Å². The van der Waals surface area contributed by atoms with E-state index >= 15 is 0 Å². The molecule has 2 N–H and O–H groups in total. The number of H-pyrrole nitrogens is 1. The van der Waals surface area contributed by atoms with Gasteiger partial charge >= 0.3 is 6.09 Å². The lowest BCUT2D eigenvalue weighted by molar-refractivity contribution is -0.134. The van der Waals surface area contributed by atoms with Gasteiger partial charge in [0.2, 0.25) is 5.91 Å². The lowest BCUT2D eigenvalue weighted by Crippen LogP contribution is -2.52. The Morgan fingerprint density at radius 1 is 1.50 bits per heavy atom. The normalized spacial score (nSPS) is 18.4. The first-order valence-corrected chi connectivity index (χ1v) is 11.1. The van der Waals surface area contributed by atoms with E-state index < -0.39 is 12.1 Å². The van der Waals surface area contributed by atoms with Gasteiger partial charge in [-0.2, -0.15) is 0 Å². The fraction of sp³-hybridized carbons (Fsp3) is 0.526. The molecule has 28 heavy (non-hydrogen) atoms. The average Bonchev–Trinajstić information content (AvgIpc) is 3.31. The van der Waals surface area contributed by atoms with Crippen molar-refractivity contribution in [3.63, 3.8) is 0 Å². The maximum atomic E-state index is 13.1. The molecular weight excluding hydrogens is 539 g/mol. The number of hydrogen-bond acceptors (Lipinski definition) is 4. The van der Waals surface area contributed by atoms with Crippen LogP contribution in [0, 0.1) is 0 Å². The number of nitrogens with zero attached hydrogens (tertiary/aromatic N) is 2. The predicted molar refractivity (Wildman–Crippen MR) is 121 cm³/mol. The van der Waals surface area contributed by atoms with Crippen LogP contribution in [0.5, 0.6) is 0 Å².